The molecule has 0 spiro atoms. The zero-order chi connectivity index (χ0) is 29.2. The van der Waals surface area contributed by atoms with E-state index in [1.54, 1.807) is 12.1 Å². The van der Waals surface area contributed by atoms with Crippen molar-refractivity contribution in [3.8, 4) is 0 Å². The van der Waals surface area contributed by atoms with Crippen LogP contribution in [0, 0.1) is 5.82 Å². The van der Waals surface area contributed by atoms with Gasteiger partial charge in [0.2, 0.25) is 0 Å². The molecule has 1 N–H and O–H groups in total. The summed E-state index contributed by atoms with van der Waals surface area (Å²) in [6.07, 6.45) is -12.3. The van der Waals surface area contributed by atoms with Gasteiger partial charge in [-0.3, -0.25) is 0 Å². The van der Waals surface area contributed by atoms with E-state index in [0.717, 1.165) is 16.6 Å². The number of nitrogens with one attached hydrogen (secondary N) is 1. The number of rotatable bonds is 8. The molecule has 0 amide bonds. The van der Waals surface area contributed by atoms with Crippen LogP contribution in [0.15, 0.2) is 42.5 Å². The predicted octanol–water partition coefficient (Wildman–Crippen LogP) is 6.92. The maximum absolute atomic E-state index is 13.7. The Morgan fingerprint density at radius 2 is 1.59 bits per heavy atom. The van der Waals surface area contributed by atoms with Gasteiger partial charge in [-0.2, -0.15) is 26.3 Å². The van der Waals surface area contributed by atoms with E-state index in [4.69, 9.17) is 9.47 Å². The summed E-state index contributed by atoms with van der Waals surface area (Å²) in [5, 5.41) is 12.0. The van der Waals surface area contributed by atoms with Crippen molar-refractivity contribution < 1.29 is 40.2 Å². The molecule has 1 fully saturated rings. The SMILES string of the molecule is C[C@@H](O[C@H]1OCCN(Cc2n[nH]nc2C[As](C)C)[C@H]1c1ccc(F)cc1)c1cc(C(F)(F)F)cc(C(F)(F)F)c1.Cl. The molecular formula is C26H29AsClF7N4O2. The summed E-state index contributed by atoms with van der Waals surface area (Å²) in [4.78, 5) is 1.98. The molecule has 1 aliphatic rings. The quantitative estimate of drug-likeness (QED) is 0.208. The number of ether oxygens (including phenoxy) is 2. The molecule has 1 saturated heterocycles. The second kappa shape index (κ2) is 13.4. The van der Waals surface area contributed by atoms with Crippen molar-refractivity contribution in [3.63, 3.8) is 0 Å². The van der Waals surface area contributed by atoms with Gasteiger partial charge in [0, 0.05) is 0 Å². The van der Waals surface area contributed by atoms with E-state index >= 15 is 0 Å². The molecule has 3 atom stereocenters. The minimum absolute atomic E-state index is 0. The monoisotopic (exact) mass is 672 g/mol. The Kier molecular flexibility index (Phi) is 10.9. The summed E-state index contributed by atoms with van der Waals surface area (Å²) in [5.74, 6) is -0.470. The van der Waals surface area contributed by atoms with Gasteiger partial charge < -0.3 is 0 Å². The van der Waals surface area contributed by atoms with Gasteiger partial charge in [0.1, 0.15) is 0 Å². The maximum Gasteiger partial charge on any atom is -0.147 e. The van der Waals surface area contributed by atoms with Gasteiger partial charge in [-0.1, -0.05) is 0 Å². The Morgan fingerprint density at radius 1 is 1.00 bits per heavy atom. The first kappa shape index (κ1) is 33.3. The van der Waals surface area contributed by atoms with E-state index in [1.165, 1.54) is 19.1 Å². The van der Waals surface area contributed by atoms with Gasteiger partial charge in [0.05, 0.1) is 0 Å². The van der Waals surface area contributed by atoms with E-state index in [1.807, 2.05) is 4.90 Å². The van der Waals surface area contributed by atoms with Gasteiger partial charge in [-0.05, 0) is 6.07 Å². The first-order chi connectivity index (χ1) is 18.7. The largest absolute Gasteiger partial charge is 0.147 e. The molecule has 3 aromatic rings. The molecule has 2 heterocycles. The molecule has 6 nitrogen and oxygen atoms in total. The smallest absolute Gasteiger partial charge is 0.147 e. The van der Waals surface area contributed by atoms with Crippen LogP contribution in [0.4, 0.5) is 30.7 Å². The zero-order valence-corrected chi connectivity index (χ0v) is 25.0. The number of halogens is 8. The molecule has 2 aromatic carbocycles. The molecule has 0 bridgehead atoms. The molecule has 0 unspecified atom stereocenters. The number of benzene rings is 2. The minimum Gasteiger partial charge on any atom is -0.147 e. The number of hydrogen-bond donors (Lipinski definition) is 1. The Morgan fingerprint density at radius 3 is 2.15 bits per heavy atom. The number of nitrogens with zero attached hydrogens (tertiary/aromatic N) is 3. The Balaban J connectivity index is 0.00000462. The van der Waals surface area contributed by atoms with Crippen LogP contribution in [-0.4, -0.2) is 54.4 Å². The number of aromatic amines is 1. The molecule has 41 heavy (non-hydrogen) atoms. The standard InChI is InChI=1S/C26H28AsF7N4O2.ClH/c1-15(17-10-18(25(29,30)31)12-19(11-17)26(32,33)34)40-24-23(16-4-6-20(28)7-5-16)38(8-9-39-24)14-22-21(13-27(2)3)35-37-36-22;/h4-7,10-12,15,23-24H,8-9,13-14H2,1-3H3,(H,35,36,37);1H/t15-,23+,24-;/m1./s1. The Hall–Kier alpha value is -2.18. The third kappa shape index (κ3) is 8.44. The third-order valence-corrected chi connectivity index (χ3v) is 8.42. The summed E-state index contributed by atoms with van der Waals surface area (Å²) in [6.45, 7) is 2.29. The van der Waals surface area contributed by atoms with E-state index in [-0.39, 0.29) is 30.6 Å². The molecule has 0 saturated carbocycles. The average Bonchev–Trinajstić information content (AvgIpc) is 3.29. The van der Waals surface area contributed by atoms with Crippen molar-refractivity contribution in [2.75, 3.05) is 13.2 Å². The van der Waals surface area contributed by atoms with Crippen LogP contribution in [0.1, 0.15) is 52.7 Å². The number of alkyl halides is 6. The molecule has 1 aromatic heterocycles. The molecule has 0 radical (unpaired) electrons. The Labute approximate surface area is 243 Å². The van der Waals surface area contributed by atoms with Crippen LogP contribution in [0.25, 0.3) is 0 Å². The van der Waals surface area contributed by atoms with Crippen molar-refractivity contribution in [2.45, 2.75) is 60.9 Å². The summed E-state index contributed by atoms with van der Waals surface area (Å²) in [5.41, 5.74) is 3.36. The van der Waals surface area contributed by atoms with Gasteiger partial charge in [-0.25, -0.2) is 0 Å². The van der Waals surface area contributed by atoms with E-state index < -0.39 is 62.4 Å². The molecule has 15 heteroatoms. The van der Waals surface area contributed by atoms with E-state index in [2.05, 4.69) is 26.8 Å². The molecule has 0 aliphatic carbocycles. The Bertz CT molecular complexity index is 1260. The summed E-state index contributed by atoms with van der Waals surface area (Å²) in [7, 11) is 0. The van der Waals surface area contributed by atoms with E-state index in [0.29, 0.717) is 30.8 Å². The van der Waals surface area contributed by atoms with Crippen molar-refractivity contribution in [2.24, 2.45) is 0 Å². The van der Waals surface area contributed by atoms with Crippen LogP contribution in [0.3, 0.4) is 0 Å². The van der Waals surface area contributed by atoms with Crippen molar-refractivity contribution in [3.05, 3.63) is 81.9 Å². The van der Waals surface area contributed by atoms with Crippen molar-refractivity contribution in [1.29, 1.82) is 0 Å². The van der Waals surface area contributed by atoms with E-state index in [9.17, 15) is 30.7 Å². The zero-order valence-electron chi connectivity index (χ0n) is 22.3. The summed E-state index contributed by atoms with van der Waals surface area (Å²) >= 11 is -1.09. The topological polar surface area (TPSA) is 63.3 Å². The van der Waals surface area contributed by atoms with Crippen LogP contribution < -0.4 is 0 Å². The van der Waals surface area contributed by atoms with Gasteiger partial charge in [0.15, 0.2) is 0 Å². The summed E-state index contributed by atoms with van der Waals surface area (Å²) < 4.78 is 106. The van der Waals surface area contributed by atoms with Gasteiger partial charge in [0.25, 0.3) is 0 Å². The summed E-state index contributed by atoms with van der Waals surface area (Å²) in [6, 6.07) is 6.31. The number of aromatic nitrogens is 3. The normalized spacial score (nSPS) is 19.3. The van der Waals surface area contributed by atoms with Gasteiger partial charge in [-0.15, -0.1) is 12.4 Å². The van der Waals surface area contributed by atoms with Crippen molar-refractivity contribution in [1.82, 2.24) is 20.3 Å². The van der Waals surface area contributed by atoms with Gasteiger partial charge >= 0.3 is 199 Å². The number of morpholine rings is 1. The number of hydrogen-bond acceptors (Lipinski definition) is 5. The van der Waals surface area contributed by atoms with Crippen LogP contribution in [0.2, 0.25) is 11.4 Å². The van der Waals surface area contributed by atoms with Crippen LogP contribution >= 0.6 is 12.4 Å². The average molecular weight is 673 g/mol. The number of H-pyrrole nitrogens is 1. The van der Waals surface area contributed by atoms with Crippen molar-refractivity contribution >= 4 is 27.1 Å². The fourth-order valence-electron chi connectivity index (χ4n) is 4.52. The molecule has 1 aliphatic heterocycles. The first-order valence-electron chi connectivity index (χ1n) is 12.3. The fraction of sp³-hybridized carbons (Fsp3) is 0.462. The second-order valence-electron chi connectivity index (χ2n) is 9.78. The molecule has 226 valence electrons. The first-order valence-corrected chi connectivity index (χ1v) is 17.4. The van der Waals surface area contributed by atoms with Crippen LogP contribution in [-0.2, 0) is 33.6 Å². The fourth-order valence-corrected chi connectivity index (χ4v) is 6.31. The maximum atomic E-state index is 13.7. The second-order valence-corrected chi connectivity index (χ2v) is 15.0. The predicted molar refractivity (Wildman–Crippen MR) is 140 cm³/mol. The third-order valence-electron chi connectivity index (χ3n) is 6.46. The van der Waals surface area contributed by atoms with Crippen LogP contribution in [0.5, 0.6) is 0 Å². The molecule has 4 rings (SSSR count). The molecular weight excluding hydrogens is 644 g/mol. The minimum atomic E-state index is -4.99.